The highest BCUT2D eigenvalue weighted by Crippen LogP contribution is 2.56. The van der Waals surface area contributed by atoms with E-state index >= 15 is 0 Å². The van der Waals surface area contributed by atoms with E-state index in [4.69, 9.17) is 30.5 Å². The molecule has 1 aliphatic carbocycles. The number of imidazole rings is 1. The third-order valence-electron chi connectivity index (χ3n) is 8.88. The SMILES string of the molecule is COC(=O)C1=C(C)NC2=C(C(=O)[C@@]3(Oc4c(Cl)c(OC)cc(OC)c4C3=O)[C@H](C)C2)C1c1ccc2c(c1)n(C)c(=O)n2C. The van der Waals surface area contributed by atoms with E-state index in [0.717, 1.165) is 0 Å². The molecular weight excluding hydrogens is 578 g/mol. The highest BCUT2D eigenvalue weighted by Gasteiger charge is 2.63. The average Bonchev–Trinajstić information content (AvgIpc) is 3.42. The van der Waals surface area contributed by atoms with Crippen molar-refractivity contribution in [3.63, 3.8) is 0 Å². The number of fused-ring (bicyclic) bond motifs is 2. The fourth-order valence-electron chi connectivity index (χ4n) is 6.69. The van der Waals surface area contributed by atoms with Gasteiger partial charge in [-0.1, -0.05) is 24.6 Å². The van der Waals surface area contributed by atoms with E-state index < -0.39 is 35.0 Å². The lowest BCUT2D eigenvalue weighted by molar-refractivity contribution is -0.136. The van der Waals surface area contributed by atoms with Crippen LogP contribution in [0, 0.1) is 5.92 Å². The molecule has 43 heavy (non-hydrogen) atoms. The van der Waals surface area contributed by atoms with Crippen LogP contribution in [0.3, 0.4) is 0 Å². The first-order valence-corrected chi connectivity index (χ1v) is 14.0. The predicted molar refractivity (Wildman–Crippen MR) is 157 cm³/mol. The summed E-state index contributed by atoms with van der Waals surface area (Å²) in [5, 5.41) is 3.29. The zero-order chi connectivity index (χ0) is 31.1. The van der Waals surface area contributed by atoms with Gasteiger partial charge in [0.2, 0.25) is 17.2 Å². The molecule has 12 heteroatoms. The van der Waals surface area contributed by atoms with Crippen molar-refractivity contribution < 1.29 is 33.3 Å². The fraction of sp³-hybridized carbons (Fsp3) is 0.355. The van der Waals surface area contributed by atoms with Gasteiger partial charge in [-0.05, 0) is 31.0 Å². The van der Waals surface area contributed by atoms with Crippen LogP contribution < -0.4 is 25.2 Å². The van der Waals surface area contributed by atoms with Crippen molar-refractivity contribution in [2.45, 2.75) is 31.8 Å². The number of benzene rings is 2. The van der Waals surface area contributed by atoms with Gasteiger partial charge in [-0.2, -0.15) is 0 Å². The number of carbonyl (C=O) groups is 3. The van der Waals surface area contributed by atoms with Gasteiger partial charge in [0.25, 0.3) is 0 Å². The van der Waals surface area contributed by atoms with Crippen molar-refractivity contribution in [2.75, 3.05) is 21.3 Å². The summed E-state index contributed by atoms with van der Waals surface area (Å²) in [4.78, 5) is 55.2. The lowest BCUT2D eigenvalue weighted by Crippen LogP contribution is -2.58. The number of hydrogen-bond acceptors (Lipinski definition) is 9. The Morgan fingerprint density at radius 2 is 1.70 bits per heavy atom. The number of allylic oxidation sites excluding steroid dienone is 2. The predicted octanol–water partition coefficient (Wildman–Crippen LogP) is 3.56. The molecule has 3 atom stereocenters. The topological polar surface area (TPSA) is 127 Å². The minimum absolute atomic E-state index is 0.00746. The molecule has 1 spiro atoms. The average molecular weight is 608 g/mol. The van der Waals surface area contributed by atoms with Crippen molar-refractivity contribution in [3.8, 4) is 17.2 Å². The number of aromatic nitrogens is 2. The minimum atomic E-state index is -1.97. The first kappa shape index (κ1) is 28.6. The number of ketones is 2. The summed E-state index contributed by atoms with van der Waals surface area (Å²) in [5.74, 6) is -2.98. The van der Waals surface area contributed by atoms with Crippen molar-refractivity contribution in [1.29, 1.82) is 0 Å². The second-order valence-electron chi connectivity index (χ2n) is 11.0. The maximum Gasteiger partial charge on any atom is 0.336 e. The van der Waals surface area contributed by atoms with Gasteiger partial charge in [-0.3, -0.25) is 18.7 Å². The summed E-state index contributed by atoms with van der Waals surface area (Å²) in [5.41, 5.74) is 1.23. The van der Waals surface area contributed by atoms with Crippen LogP contribution in [0.1, 0.15) is 42.1 Å². The van der Waals surface area contributed by atoms with Crippen LogP contribution in [0.5, 0.6) is 17.2 Å². The van der Waals surface area contributed by atoms with Gasteiger partial charge in [0.1, 0.15) is 22.1 Å². The molecule has 3 aliphatic rings. The van der Waals surface area contributed by atoms with Crippen LogP contribution in [0.25, 0.3) is 11.0 Å². The Labute approximate surface area is 251 Å². The lowest BCUT2D eigenvalue weighted by atomic mass is 9.65. The molecule has 6 rings (SSSR count). The zero-order valence-electron chi connectivity index (χ0n) is 24.7. The van der Waals surface area contributed by atoms with Gasteiger partial charge < -0.3 is 24.3 Å². The van der Waals surface area contributed by atoms with E-state index in [0.29, 0.717) is 28.0 Å². The third-order valence-corrected chi connectivity index (χ3v) is 9.24. The smallest absolute Gasteiger partial charge is 0.336 e. The molecule has 2 aromatic carbocycles. The van der Waals surface area contributed by atoms with E-state index in [9.17, 15) is 19.2 Å². The van der Waals surface area contributed by atoms with E-state index in [2.05, 4.69) is 5.32 Å². The fourth-order valence-corrected chi connectivity index (χ4v) is 6.96. The first-order valence-electron chi connectivity index (χ1n) is 13.6. The molecule has 0 bridgehead atoms. The zero-order valence-corrected chi connectivity index (χ0v) is 25.5. The molecule has 0 saturated heterocycles. The van der Waals surface area contributed by atoms with Crippen LogP contribution in [0.15, 0.2) is 51.6 Å². The number of carbonyl (C=O) groups excluding carboxylic acids is 3. The van der Waals surface area contributed by atoms with E-state index in [1.165, 1.54) is 36.5 Å². The molecule has 0 radical (unpaired) electrons. The molecule has 1 N–H and O–H groups in total. The number of nitrogens with zero attached hydrogens (tertiary/aromatic N) is 2. The highest BCUT2D eigenvalue weighted by atomic mass is 35.5. The molecule has 11 nitrogen and oxygen atoms in total. The molecule has 0 fully saturated rings. The number of esters is 1. The van der Waals surface area contributed by atoms with Crippen LogP contribution >= 0.6 is 11.6 Å². The van der Waals surface area contributed by atoms with Crippen LogP contribution in [0.4, 0.5) is 0 Å². The second kappa shape index (κ2) is 9.77. The number of dihydropyridines is 1. The molecule has 1 aromatic heterocycles. The largest absolute Gasteiger partial charge is 0.496 e. The van der Waals surface area contributed by atoms with Crippen LogP contribution in [-0.2, 0) is 28.4 Å². The Kier molecular flexibility index (Phi) is 6.50. The number of nitrogens with one attached hydrogen (secondary N) is 1. The van der Waals surface area contributed by atoms with Crippen molar-refractivity contribution in [3.05, 3.63) is 73.4 Å². The summed E-state index contributed by atoms with van der Waals surface area (Å²) < 4.78 is 25.4. The number of halogens is 1. The van der Waals surface area contributed by atoms with Crippen molar-refractivity contribution in [1.82, 2.24) is 14.5 Å². The van der Waals surface area contributed by atoms with E-state index in [1.54, 1.807) is 46.1 Å². The first-order chi connectivity index (χ1) is 20.4. The maximum atomic E-state index is 14.9. The summed E-state index contributed by atoms with van der Waals surface area (Å²) in [6, 6.07) is 6.81. The molecular formula is C31H30ClN3O8. The Morgan fingerprint density at radius 1 is 1.02 bits per heavy atom. The maximum absolute atomic E-state index is 14.9. The quantitative estimate of drug-likeness (QED) is 0.350. The molecule has 0 amide bonds. The molecule has 224 valence electrons. The Morgan fingerprint density at radius 3 is 2.35 bits per heavy atom. The van der Waals surface area contributed by atoms with E-state index in [-0.39, 0.29) is 51.1 Å². The van der Waals surface area contributed by atoms with E-state index in [1.807, 2.05) is 0 Å². The normalized spacial score (nSPS) is 22.9. The summed E-state index contributed by atoms with van der Waals surface area (Å²) in [6.07, 6.45) is 0.256. The van der Waals surface area contributed by atoms with Crippen LogP contribution in [-0.4, -0.2) is 53.6 Å². The third kappa shape index (κ3) is 3.67. The monoisotopic (exact) mass is 607 g/mol. The number of Topliss-reactive ketones (excluding diaryl/α,β-unsaturated/α-hetero) is 2. The highest BCUT2D eigenvalue weighted by molar-refractivity contribution is 6.36. The molecule has 3 aromatic rings. The molecule has 3 heterocycles. The number of ether oxygens (including phenoxy) is 4. The van der Waals surface area contributed by atoms with Gasteiger partial charge in [0.15, 0.2) is 5.75 Å². The molecule has 2 aliphatic heterocycles. The van der Waals surface area contributed by atoms with Gasteiger partial charge in [-0.25, -0.2) is 9.59 Å². The number of aryl methyl sites for hydroxylation is 2. The summed E-state index contributed by atoms with van der Waals surface area (Å²) in [6.45, 7) is 3.50. The Bertz CT molecular complexity index is 1920. The van der Waals surface area contributed by atoms with Gasteiger partial charge in [-0.15, -0.1) is 0 Å². The summed E-state index contributed by atoms with van der Waals surface area (Å²) in [7, 11) is 7.41. The van der Waals surface area contributed by atoms with Gasteiger partial charge in [0.05, 0.1) is 37.9 Å². The van der Waals surface area contributed by atoms with Crippen molar-refractivity contribution in [2.24, 2.45) is 20.0 Å². The molecule has 0 saturated carbocycles. The standard InChI is InChI=1S/C31H30ClN3O8/c1-13-10-16-23(27(36)31(13)28(37)24-19(40-5)12-20(41-6)25(32)26(24)43-31)22(21(14(2)33-16)29(38)42-7)15-8-9-17-18(11-15)35(4)30(39)34(17)3/h8-9,11-13,22,33H,10H2,1-7H3/t13-,22?,31+/m1/s1. The number of hydrogen-bond donors (Lipinski definition) is 1. The Balaban J connectivity index is 1.58. The number of methoxy groups -OCH3 is 3. The van der Waals surface area contributed by atoms with Crippen molar-refractivity contribution >= 4 is 40.2 Å². The Hall–Kier alpha value is -4.51. The lowest BCUT2D eigenvalue weighted by Gasteiger charge is -2.42. The van der Waals surface area contributed by atoms with Gasteiger partial charge >= 0.3 is 11.7 Å². The minimum Gasteiger partial charge on any atom is -0.496 e. The van der Waals surface area contributed by atoms with Gasteiger partial charge in [0, 0.05) is 49.0 Å². The number of rotatable bonds is 4. The summed E-state index contributed by atoms with van der Waals surface area (Å²) >= 11 is 6.60. The molecule has 1 unspecified atom stereocenters. The second-order valence-corrected chi connectivity index (χ2v) is 11.4. The van der Waals surface area contributed by atoms with Crippen LogP contribution in [0.2, 0.25) is 5.02 Å².